The van der Waals surface area contributed by atoms with Gasteiger partial charge in [-0.25, -0.2) is 4.98 Å². The Bertz CT molecular complexity index is 1040. The van der Waals surface area contributed by atoms with E-state index in [1.807, 2.05) is 51.2 Å². The standard InChI is InChI=1S/C22H29N7O3/c1-15-10-18(21-26-28-29(27-21)14-16(2)32-9-8-23-3)12-20(25-15)22(30)24-13-17-6-5-7-19(11-17)31-4/h5-7,10-12,16,23H,8-9,13-14H2,1-4H3,(H,24,30)/t16-/m0/s1. The number of aromatic nitrogens is 5. The summed E-state index contributed by atoms with van der Waals surface area (Å²) in [5.41, 5.74) is 2.59. The molecule has 0 bridgehead atoms. The van der Waals surface area contributed by atoms with Gasteiger partial charge in [-0.3, -0.25) is 4.79 Å². The van der Waals surface area contributed by atoms with Crippen LogP contribution in [0.25, 0.3) is 11.4 Å². The summed E-state index contributed by atoms with van der Waals surface area (Å²) in [5, 5.41) is 18.6. The van der Waals surface area contributed by atoms with E-state index < -0.39 is 0 Å². The second kappa shape index (κ2) is 11.3. The van der Waals surface area contributed by atoms with Crippen molar-refractivity contribution in [3.63, 3.8) is 0 Å². The van der Waals surface area contributed by atoms with Crippen molar-refractivity contribution in [1.29, 1.82) is 0 Å². The van der Waals surface area contributed by atoms with Crippen molar-refractivity contribution in [2.45, 2.75) is 33.0 Å². The molecule has 0 aliphatic carbocycles. The molecule has 2 heterocycles. The molecule has 0 saturated carbocycles. The molecular weight excluding hydrogens is 410 g/mol. The van der Waals surface area contributed by atoms with Gasteiger partial charge < -0.3 is 20.1 Å². The van der Waals surface area contributed by atoms with Crippen molar-refractivity contribution >= 4 is 5.91 Å². The van der Waals surface area contributed by atoms with Crippen LogP contribution in [-0.2, 0) is 17.8 Å². The van der Waals surface area contributed by atoms with Gasteiger partial charge in [-0.15, -0.1) is 10.2 Å². The highest BCUT2D eigenvalue weighted by Gasteiger charge is 2.14. The molecule has 0 fully saturated rings. The maximum absolute atomic E-state index is 12.7. The first-order chi connectivity index (χ1) is 15.5. The number of tetrazole rings is 1. The van der Waals surface area contributed by atoms with Crippen LogP contribution in [0.1, 0.15) is 28.7 Å². The number of nitrogens with zero attached hydrogens (tertiary/aromatic N) is 5. The summed E-state index contributed by atoms with van der Waals surface area (Å²) < 4.78 is 10.9. The molecule has 2 aromatic heterocycles. The third kappa shape index (κ3) is 6.56. The molecule has 10 nitrogen and oxygen atoms in total. The highest BCUT2D eigenvalue weighted by molar-refractivity contribution is 5.93. The SMILES string of the molecule is CNCCO[C@@H](C)Cn1nnc(-c2cc(C)nc(C(=O)NCc3cccc(OC)c3)c2)n1. The number of carbonyl (C=O) groups excluding carboxylic acids is 1. The molecular formula is C22H29N7O3. The summed E-state index contributed by atoms with van der Waals surface area (Å²) in [6.45, 7) is 6.01. The van der Waals surface area contributed by atoms with E-state index in [0.717, 1.165) is 17.9 Å². The van der Waals surface area contributed by atoms with E-state index in [9.17, 15) is 4.79 Å². The Labute approximate surface area is 187 Å². The average Bonchev–Trinajstić information content (AvgIpc) is 3.25. The van der Waals surface area contributed by atoms with Gasteiger partial charge in [0.2, 0.25) is 5.82 Å². The number of amides is 1. The number of hydrogen-bond acceptors (Lipinski definition) is 8. The molecule has 1 amide bonds. The highest BCUT2D eigenvalue weighted by atomic mass is 16.5. The van der Waals surface area contributed by atoms with Crippen molar-refractivity contribution in [2.24, 2.45) is 0 Å². The van der Waals surface area contributed by atoms with Gasteiger partial charge in [-0.2, -0.15) is 4.80 Å². The maximum atomic E-state index is 12.7. The largest absolute Gasteiger partial charge is 0.497 e. The van der Waals surface area contributed by atoms with Crippen LogP contribution in [0.2, 0.25) is 0 Å². The summed E-state index contributed by atoms with van der Waals surface area (Å²) in [6.07, 6.45) is -0.0532. The topological polar surface area (TPSA) is 116 Å². The zero-order chi connectivity index (χ0) is 22.9. The van der Waals surface area contributed by atoms with E-state index in [1.165, 1.54) is 4.80 Å². The van der Waals surface area contributed by atoms with Crippen LogP contribution in [-0.4, -0.2) is 64.5 Å². The van der Waals surface area contributed by atoms with Crippen LogP contribution in [0, 0.1) is 6.92 Å². The fraction of sp³-hybridized carbons (Fsp3) is 0.409. The van der Waals surface area contributed by atoms with Crippen LogP contribution < -0.4 is 15.4 Å². The lowest BCUT2D eigenvalue weighted by atomic mass is 10.1. The average molecular weight is 440 g/mol. The number of pyridine rings is 1. The Morgan fingerprint density at radius 1 is 1.25 bits per heavy atom. The second-order valence-corrected chi connectivity index (χ2v) is 7.37. The van der Waals surface area contributed by atoms with Gasteiger partial charge >= 0.3 is 0 Å². The molecule has 0 saturated heterocycles. The molecule has 170 valence electrons. The summed E-state index contributed by atoms with van der Waals surface area (Å²) in [5.74, 6) is 0.889. The first kappa shape index (κ1) is 23.3. The van der Waals surface area contributed by atoms with E-state index >= 15 is 0 Å². The quantitative estimate of drug-likeness (QED) is 0.433. The van der Waals surface area contributed by atoms with Crippen LogP contribution in [0.15, 0.2) is 36.4 Å². The molecule has 0 aliphatic rings. The number of benzene rings is 1. The third-order valence-electron chi connectivity index (χ3n) is 4.66. The molecule has 0 spiro atoms. The number of carbonyl (C=O) groups is 1. The van der Waals surface area contributed by atoms with E-state index in [2.05, 4.69) is 31.0 Å². The van der Waals surface area contributed by atoms with Crippen molar-refractivity contribution in [1.82, 2.24) is 35.8 Å². The van der Waals surface area contributed by atoms with E-state index in [4.69, 9.17) is 9.47 Å². The predicted molar refractivity (Wildman–Crippen MR) is 119 cm³/mol. The van der Waals surface area contributed by atoms with Crippen molar-refractivity contribution in [3.8, 4) is 17.1 Å². The molecule has 0 aliphatic heterocycles. The van der Waals surface area contributed by atoms with Gasteiger partial charge in [0, 0.05) is 24.3 Å². The Morgan fingerprint density at radius 2 is 2.09 bits per heavy atom. The lowest BCUT2D eigenvalue weighted by molar-refractivity contribution is 0.0513. The van der Waals surface area contributed by atoms with Crippen LogP contribution in [0.4, 0.5) is 0 Å². The molecule has 1 aromatic carbocycles. The minimum Gasteiger partial charge on any atom is -0.497 e. The molecule has 3 aromatic rings. The number of nitrogens with one attached hydrogen (secondary N) is 2. The van der Waals surface area contributed by atoms with Crippen molar-refractivity contribution < 1.29 is 14.3 Å². The van der Waals surface area contributed by atoms with Crippen molar-refractivity contribution in [2.75, 3.05) is 27.3 Å². The fourth-order valence-electron chi connectivity index (χ4n) is 3.05. The Hall–Kier alpha value is -3.37. The Morgan fingerprint density at radius 3 is 2.88 bits per heavy atom. The monoisotopic (exact) mass is 439 g/mol. The van der Waals surface area contributed by atoms with Gasteiger partial charge in [0.15, 0.2) is 0 Å². The first-order valence-corrected chi connectivity index (χ1v) is 10.4. The zero-order valence-corrected chi connectivity index (χ0v) is 18.8. The zero-order valence-electron chi connectivity index (χ0n) is 18.8. The van der Waals surface area contributed by atoms with Crippen LogP contribution >= 0.6 is 0 Å². The summed E-state index contributed by atoms with van der Waals surface area (Å²) in [7, 11) is 3.49. The maximum Gasteiger partial charge on any atom is 0.270 e. The molecule has 0 radical (unpaired) electrons. The van der Waals surface area contributed by atoms with Crippen LogP contribution in [0.3, 0.4) is 0 Å². The predicted octanol–water partition coefficient (Wildman–Crippen LogP) is 1.61. The lowest BCUT2D eigenvalue weighted by Crippen LogP contribution is -2.24. The first-order valence-electron chi connectivity index (χ1n) is 10.4. The fourth-order valence-corrected chi connectivity index (χ4v) is 3.05. The summed E-state index contributed by atoms with van der Waals surface area (Å²) in [6, 6.07) is 11.0. The Balaban J connectivity index is 1.66. The minimum atomic E-state index is -0.281. The number of hydrogen-bond donors (Lipinski definition) is 2. The number of aryl methyl sites for hydroxylation is 1. The van der Waals surface area contributed by atoms with Gasteiger partial charge in [0.1, 0.15) is 11.4 Å². The minimum absolute atomic E-state index is 0.0532. The third-order valence-corrected chi connectivity index (χ3v) is 4.66. The van der Waals surface area contributed by atoms with Gasteiger partial charge in [0.25, 0.3) is 5.91 Å². The second-order valence-electron chi connectivity index (χ2n) is 7.37. The van der Waals surface area contributed by atoms with E-state index in [0.29, 0.717) is 42.5 Å². The molecule has 10 heteroatoms. The van der Waals surface area contributed by atoms with Gasteiger partial charge in [0.05, 0.1) is 26.4 Å². The van der Waals surface area contributed by atoms with E-state index in [-0.39, 0.29) is 12.0 Å². The van der Waals surface area contributed by atoms with Crippen molar-refractivity contribution in [3.05, 3.63) is 53.3 Å². The molecule has 32 heavy (non-hydrogen) atoms. The number of rotatable bonds is 11. The van der Waals surface area contributed by atoms with E-state index in [1.54, 1.807) is 13.2 Å². The number of methoxy groups -OCH3 is 1. The smallest absolute Gasteiger partial charge is 0.270 e. The number of likely N-dealkylation sites (N-methyl/N-ethyl adjacent to an activating group) is 1. The van der Waals surface area contributed by atoms with Crippen LogP contribution in [0.5, 0.6) is 5.75 Å². The Kier molecular flexibility index (Phi) is 8.23. The molecule has 0 unspecified atom stereocenters. The summed E-state index contributed by atoms with van der Waals surface area (Å²) >= 11 is 0. The van der Waals surface area contributed by atoms with Gasteiger partial charge in [-0.05, 0) is 55.9 Å². The highest BCUT2D eigenvalue weighted by Crippen LogP contribution is 2.17. The molecule has 2 N–H and O–H groups in total. The normalized spacial score (nSPS) is 11.9. The van der Waals surface area contributed by atoms with Gasteiger partial charge in [-0.1, -0.05) is 12.1 Å². The number of ether oxygens (including phenoxy) is 2. The molecule has 3 rings (SSSR count). The lowest BCUT2D eigenvalue weighted by Gasteiger charge is -2.11. The summed E-state index contributed by atoms with van der Waals surface area (Å²) in [4.78, 5) is 18.6. The molecule has 1 atom stereocenters.